The Morgan fingerprint density at radius 1 is 1.46 bits per heavy atom. The highest BCUT2D eigenvalue weighted by molar-refractivity contribution is 7.18. The summed E-state index contributed by atoms with van der Waals surface area (Å²) in [5.74, 6) is -0.463. The Labute approximate surface area is 144 Å². The van der Waals surface area contributed by atoms with Crippen LogP contribution in [-0.2, 0) is 0 Å². The number of nitrogens with two attached hydrogens (primary N) is 1. The molecule has 0 aliphatic heterocycles. The largest absolute Gasteiger partial charge is 0.378 e. The highest BCUT2D eigenvalue weighted by Gasteiger charge is 2.22. The number of thiophene rings is 1. The lowest BCUT2D eigenvalue weighted by molar-refractivity contribution is 0.0946. The normalized spacial score (nSPS) is 11.7. The first-order valence-electron chi connectivity index (χ1n) is 6.58. The molecule has 12 heteroatoms. The van der Waals surface area contributed by atoms with Crippen molar-refractivity contribution in [1.82, 2.24) is 30.7 Å². The Morgan fingerprint density at radius 3 is 2.88 bits per heavy atom. The van der Waals surface area contributed by atoms with Crippen LogP contribution < -0.4 is 11.2 Å². The number of aryl methyl sites for hydroxylation is 1. The third kappa shape index (κ3) is 2.98. The standard InChI is InChI=1S/C12H11ClN8O2S/c1-5(7-3-4-8(13)24-7)15-17-12(22)9-6(2)16-20-21(9)11-10(14)18-23-19-11/h3-4H,1-2H3,(H2,14,18)(H,17,22)/b15-5-. The Hall–Kier alpha value is -2.79. The second-order valence-corrected chi connectivity index (χ2v) is 6.37. The van der Waals surface area contributed by atoms with E-state index in [9.17, 15) is 4.79 Å². The molecule has 0 aliphatic rings. The van der Waals surface area contributed by atoms with Gasteiger partial charge in [-0.25, -0.2) is 10.1 Å². The molecule has 0 atom stereocenters. The molecule has 3 heterocycles. The van der Waals surface area contributed by atoms with Gasteiger partial charge in [0.1, 0.15) is 0 Å². The van der Waals surface area contributed by atoms with Crippen LogP contribution in [-0.4, -0.2) is 36.9 Å². The molecule has 0 spiro atoms. The molecule has 0 saturated carbocycles. The highest BCUT2D eigenvalue weighted by Crippen LogP contribution is 2.22. The number of nitrogens with zero attached hydrogens (tertiary/aromatic N) is 6. The maximum atomic E-state index is 12.4. The Balaban J connectivity index is 1.86. The number of hydrogen-bond donors (Lipinski definition) is 2. The van der Waals surface area contributed by atoms with Gasteiger partial charge < -0.3 is 5.73 Å². The average Bonchev–Trinajstić information content (AvgIpc) is 3.25. The predicted molar refractivity (Wildman–Crippen MR) is 87.4 cm³/mol. The quantitative estimate of drug-likeness (QED) is 0.526. The number of nitrogen functional groups attached to an aromatic ring is 1. The second kappa shape index (κ2) is 6.37. The van der Waals surface area contributed by atoms with E-state index in [1.807, 2.05) is 6.07 Å². The maximum Gasteiger partial charge on any atom is 0.292 e. The molecule has 0 aromatic carbocycles. The lowest BCUT2D eigenvalue weighted by atomic mass is 10.3. The molecule has 0 aliphatic carbocycles. The number of halogens is 1. The van der Waals surface area contributed by atoms with E-state index in [4.69, 9.17) is 17.3 Å². The molecule has 0 fully saturated rings. The maximum absolute atomic E-state index is 12.4. The number of anilines is 1. The number of amides is 1. The van der Waals surface area contributed by atoms with Gasteiger partial charge in [-0.3, -0.25) is 4.79 Å². The SMILES string of the molecule is C/C(=N/NC(=O)c1c(C)nnn1-c1nonc1N)c1ccc(Cl)s1. The molecule has 0 saturated heterocycles. The molecule has 3 N–H and O–H groups in total. The van der Waals surface area contributed by atoms with Crippen molar-refractivity contribution < 1.29 is 9.42 Å². The zero-order valence-corrected chi connectivity index (χ0v) is 14.1. The number of rotatable bonds is 4. The minimum atomic E-state index is -0.526. The van der Waals surface area contributed by atoms with E-state index >= 15 is 0 Å². The smallest absolute Gasteiger partial charge is 0.292 e. The number of hydrazone groups is 1. The minimum absolute atomic E-state index is 0.0122. The summed E-state index contributed by atoms with van der Waals surface area (Å²) in [4.78, 5) is 13.3. The average molecular weight is 367 g/mol. The van der Waals surface area contributed by atoms with Gasteiger partial charge in [0, 0.05) is 0 Å². The van der Waals surface area contributed by atoms with Crippen molar-refractivity contribution in [3.05, 3.63) is 32.7 Å². The monoisotopic (exact) mass is 366 g/mol. The number of aromatic nitrogens is 5. The van der Waals surface area contributed by atoms with Crippen molar-refractivity contribution in [1.29, 1.82) is 0 Å². The summed E-state index contributed by atoms with van der Waals surface area (Å²) >= 11 is 7.24. The van der Waals surface area contributed by atoms with E-state index in [0.29, 0.717) is 15.7 Å². The van der Waals surface area contributed by atoms with Gasteiger partial charge in [0.15, 0.2) is 5.69 Å². The molecule has 3 rings (SSSR count). The first-order chi connectivity index (χ1) is 11.5. The molecule has 1 amide bonds. The van der Waals surface area contributed by atoms with Gasteiger partial charge in [-0.2, -0.15) is 9.78 Å². The van der Waals surface area contributed by atoms with Crippen LogP contribution in [0.3, 0.4) is 0 Å². The molecule has 3 aromatic heterocycles. The molecule has 0 bridgehead atoms. The van der Waals surface area contributed by atoms with Crippen molar-refractivity contribution in [2.24, 2.45) is 5.10 Å². The van der Waals surface area contributed by atoms with Crippen molar-refractivity contribution in [2.75, 3.05) is 5.73 Å². The summed E-state index contributed by atoms with van der Waals surface area (Å²) < 4.78 is 6.30. The molecule has 0 unspecified atom stereocenters. The van der Waals surface area contributed by atoms with Gasteiger partial charge in [0.05, 0.1) is 20.6 Å². The van der Waals surface area contributed by atoms with Crippen LogP contribution in [0.15, 0.2) is 21.9 Å². The molecule has 0 radical (unpaired) electrons. The fourth-order valence-electron chi connectivity index (χ4n) is 1.86. The Kier molecular flexibility index (Phi) is 4.27. The molecule has 3 aromatic rings. The van der Waals surface area contributed by atoms with Gasteiger partial charge in [0.2, 0.25) is 11.6 Å². The van der Waals surface area contributed by atoms with E-state index in [-0.39, 0.29) is 17.3 Å². The van der Waals surface area contributed by atoms with E-state index in [2.05, 4.69) is 35.8 Å². The number of hydrogen-bond acceptors (Lipinski definition) is 9. The van der Waals surface area contributed by atoms with Gasteiger partial charge in [0.25, 0.3) is 5.91 Å². The van der Waals surface area contributed by atoms with E-state index < -0.39 is 5.91 Å². The minimum Gasteiger partial charge on any atom is -0.378 e. The van der Waals surface area contributed by atoms with Crippen LogP contribution in [0.4, 0.5) is 5.82 Å². The van der Waals surface area contributed by atoms with Crippen LogP contribution in [0, 0.1) is 6.92 Å². The topological polar surface area (TPSA) is 137 Å². The van der Waals surface area contributed by atoms with Crippen LogP contribution >= 0.6 is 22.9 Å². The summed E-state index contributed by atoms with van der Waals surface area (Å²) in [6.07, 6.45) is 0. The molecule has 10 nitrogen and oxygen atoms in total. The van der Waals surface area contributed by atoms with E-state index in [1.54, 1.807) is 19.9 Å². The van der Waals surface area contributed by atoms with Crippen LogP contribution in [0.5, 0.6) is 0 Å². The summed E-state index contributed by atoms with van der Waals surface area (Å²) in [5, 5.41) is 18.8. The molecular weight excluding hydrogens is 356 g/mol. The number of carbonyl (C=O) groups is 1. The fourth-order valence-corrected chi connectivity index (χ4v) is 2.84. The summed E-state index contributed by atoms with van der Waals surface area (Å²) in [6.45, 7) is 3.38. The van der Waals surface area contributed by atoms with Crippen molar-refractivity contribution >= 4 is 40.4 Å². The summed E-state index contributed by atoms with van der Waals surface area (Å²) in [5.41, 5.74) is 9.18. The van der Waals surface area contributed by atoms with Gasteiger partial charge >= 0.3 is 0 Å². The lowest BCUT2D eigenvalue weighted by Crippen LogP contribution is -2.23. The van der Waals surface area contributed by atoms with Crippen molar-refractivity contribution in [3.63, 3.8) is 0 Å². The van der Waals surface area contributed by atoms with Crippen molar-refractivity contribution in [3.8, 4) is 5.82 Å². The second-order valence-electron chi connectivity index (χ2n) is 4.65. The zero-order chi connectivity index (χ0) is 17.3. The Morgan fingerprint density at radius 2 is 2.25 bits per heavy atom. The third-order valence-electron chi connectivity index (χ3n) is 3.00. The zero-order valence-electron chi connectivity index (χ0n) is 12.5. The first kappa shape index (κ1) is 16.1. The van der Waals surface area contributed by atoms with Gasteiger partial charge in [-0.15, -0.1) is 16.4 Å². The van der Waals surface area contributed by atoms with Crippen LogP contribution in [0.25, 0.3) is 5.82 Å². The fraction of sp³-hybridized carbons (Fsp3) is 0.167. The van der Waals surface area contributed by atoms with Crippen molar-refractivity contribution in [2.45, 2.75) is 13.8 Å². The third-order valence-corrected chi connectivity index (χ3v) is 4.34. The molecule has 124 valence electrons. The predicted octanol–water partition coefficient (Wildman–Crippen LogP) is 1.41. The van der Waals surface area contributed by atoms with E-state index in [1.165, 1.54) is 11.3 Å². The lowest BCUT2D eigenvalue weighted by Gasteiger charge is -2.03. The highest BCUT2D eigenvalue weighted by atomic mass is 35.5. The molecule has 24 heavy (non-hydrogen) atoms. The molecular formula is C12H11ClN8O2S. The Bertz CT molecular complexity index is 927. The van der Waals surface area contributed by atoms with E-state index in [0.717, 1.165) is 9.56 Å². The number of carbonyl (C=O) groups excluding carboxylic acids is 1. The summed E-state index contributed by atoms with van der Waals surface area (Å²) in [7, 11) is 0. The van der Waals surface area contributed by atoms with Crippen LogP contribution in [0.2, 0.25) is 4.34 Å². The van der Waals surface area contributed by atoms with Gasteiger partial charge in [-0.1, -0.05) is 16.8 Å². The number of nitrogens with one attached hydrogen (secondary N) is 1. The first-order valence-corrected chi connectivity index (χ1v) is 7.78. The van der Waals surface area contributed by atoms with Gasteiger partial charge in [-0.05, 0) is 36.3 Å². The summed E-state index contributed by atoms with van der Waals surface area (Å²) in [6, 6.07) is 3.57. The van der Waals surface area contributed by atoms with Crippen LogP contribution in [0.1, 0.15) is 28.0 Å².